The summed E-state index contributed by atoms with van der Waals surface area (Å²) in [5, 5.41) is 11.7. The van der Waals surface area contributed by atoms with Gasteiger partial charge >= 0.3 is 11.2 Å². The number of benzene rings is 6. The lowest BCUT2D eigenvalue weighted by atomic mass is 9.12. The lowest BCUT2D eigenvalue weighted by Crippen LogP contribution is -2.81. The first-order valence-corrected chi connectivity index (χ1v) is 18.6. The number of ether oxygens (including phenoxy) is 1. The summed E-state index contributed by atoms with van der Waals surface area (Å²) < 4.78 is 302. The number of thiazole rings is 1. The third-order valence-corrected chi connectivity index (χ3v) is 10.6. The molecule has 6 aromatic carbocycles. The highest BCUT2D eigenvalue weighted by Gasteiger charge is 2.52. The number of carboxylic acid groups (broad SMARTS) is 1. The van der Waals surface area contributed by atoms with Crippen LogP contribution in [0.5, 0.6) is 10.9 Å². The Bertz CT molecular complexity index is 2750. The van der Waals surface area contributed by atoms with Gasteiger partial charge in [-0.15, -0.1) is 21.9 Å². The summed E-state index contributed by atoms with van der Waals surface area (Å²) in [4.78, 5) is 11.0. The molecule has 0 fully saturated rings. The Morgan fingerprint density at radius 3 is 1.12 bits per heavy atom. The molecule has 0 radical (unpaired) electrons. The number of hydrogen-bond acceptors (Lipinski definition) is 3. The van der Waals surface area contributed by atoms with Crippen LogP contribution < -0.4 is 31.2 Å². The van der Waals surface area contributed by atoms with Crippen LogP contribution in [-0.2, 0) is 6.54 Å². The molecule has 0 bridgehead atoms. The molecule has 26 heteroatoms. The SMILES string of the molecule is Fc1c(F)c(F)c([B-](c2c(F)c(F)c(F)c(F)c2F)(c2c(F)c(F)c(F)c(F)c2F)c2c(F)c(F)c(F)c(F)c2F)c(F)c1F.O=C(O)c1cccc(Oc2scc[n+]2Cc2ccccc2)c1. The number of rotatable bonds is 9. The molecule has 1 N–H and O–H groups in total. The maximum atomic E-state index is 15.4. The molecule has 0 saturated heterocycles. The molecule has 0 aliphatic carbocycles. The molecule has 1 heterocycles. The van der Waals surface area contributed by atoms with Gasteiger partial charge in [-0.2, -0.15) is 4.57 Å². The Kier molecular flexibility index (Phi) is 13.7. The predicted molar refractivity (Wildman–Crippen MR) is 193 cm³/mol. The van der Waals surface area contributed by atoms with E-state index in [0.717, 1.165) is 0 Å². The molecule has 0 amide bonds. The molecule has 0 atom stereocenters. The van der Waals surface area contributed by atoms with E-state index in [1.165, 1.54) is 23.0 Å². The molecule has 4 nitrogen and oxygen atoms in total. The van der Waals surface area contributed by atoms with Crippen molar-refractivity contribution in [1.29, 1.82) is 0 Å². The van der Waals surface area contributed by atoms with Crippen LogP contribution >= 0.6 is 11.3 Å². The lowest BCUT2D eigenvalue weighted by molar-refractivity contribution is -0.687. The van der Waals surface area contributed by atoms with Crippen LogP contribution in [0.3, 0.4) is 0 Å². The van der Waals surface area contributed by atoms with Crippen LogP contribution in [0.1, 0.15) is 15.9 Å². The van der Waals surface area contributed by atoms with Gasteiger partial charge in [0.1, 0.15) is 58.4 Å². The standard InChI is InChI=1S/C24BF20.C17H13NO3S/c26-5-1(6(27)14(35)21(42)13(5)34)25(2-7(28)15(36)22(43)16(37)8(2)29,3-9(30)17(38)23(44)18(39)10(3)31)4-11(32)19(40)24(45)20(41)12(4)33;19-16(20)14-7-4-8-15(11-14)21-17-18(9-10-22-17)12-13-5-2-1-3-6-13/h;1-11H,12H2/q-1;/p+1. The van der Waals surface area contributed by atoms with Crippen molar-refractivity contribution >= 4 is 45.3 Å². The van der Waals surface area contributed by atoms with Crippen molar-refractivity contribution in [2.45, 2.75) is 6.54 Å². The molecule has 1 aromatic heterocycles. The molecule has 0 unspecified atom stereocenters. The van der Waals surface area contributed by atoms with E-state index in [2.05, 4.69) is 12.1 Å². The number of carbonyl (C=O) groups is 1. The van der Waals surface area contributed by atoms with Crippen molar-refractivity contribution in [2.24, 2.45) is 0 Å². The molecular formula is C41H14BF20NO3S. The van der Waals surface area contributed by atoms with E-state index in [1.54, 1.807) is 18.2 Å². The Morgan fingerprint density at radius 1 is 0.463 bits per heavy atom. The third kappa shape index (κ3) is 8.15. The Labute approximate surface area is 363 Å². The van der Waals surface area contributed by atoms with E-state index in [0.29, 0.717) is 17.5 Å². The van der Waals surface area contributed by atoms with E-state index in [-0.39, 0.29) is 5.56 Å². The number of halogens is 20. The highest BCUT2D eigenvalue weighted by Crippen LogP contribution is 2.31. The highest BCUT2D eigenvalue weighted by atomic mass is 32.1. The second-order valence-electron chi connectivity index (χ2n) is 13.5. The van der Waals surface area contributed by atoms with Gasteiger partial charge in [-0.1, -0.05) is 36.4 Å². The van der Waals surface area contributed by atoms with E-state index in [1.807, 2.05) is 34.3 Å². The maximum Gasteiger partial charge on any atom is 0.436 e. The van der Waals surface area contributed by atoms with Gasteiger partial charge in [0.15, 0.2) is 82.5 Å². The van der Waals surface area contributed by atoms with Gasteiger partial charge in [0.2, 0.25) is 0 Å². The third-order valence-electron chi connectivity index (χ3n) is 9.83. The van der Waals surface area contributed by atoms with Crippen molar-refractivity contribution in [3.63, 3.8) is 0 Å². The topological polar surface area (TPSA) is 50.4 Å². The second kappa shape index (κ2) is 18.6. The van der Waals surface area contributed by atoms with Gasteiger partial charge in [-0.25, -0.2) is 92.6 Å². The summed E-state index contributed by atoms with van der Waals surface area (Å²) in [5.41, 5.74) is -12.9. The van der Waals surface area contributed by atoms with Crippen molar-refractivity contribution in [2.75, 3.05) is 0 Å². The summed E-state index contributed by atoms with van der Waals surface area (Å²) in [6.07, 6.45) is -5.26. The largest absolute Gasteiger partial charge is 0.478 e. The molecule has 350 valence electrons. The highest BCUT2D eigenvalue weighted by molar-refractivity contribution is 7.20. The zero-order chi connectivity index (χ0) is 49.7. The second-order valence-corrected chi connectivity index (χ2v) is 14.4. The summed E-state index contributed by atoms with van der Waals surface area (Å²) in [6.45, 7) is 0.707. The van der Waals surface area contributed by atoms with Crippen LogP contribution in [0, 0.1) is 116 Å². The van der Waals surface area contributed by atoms with E-state index in [9.17, 15) is 57.5 Å². The smallest absolute Gasteiger partial charge is 0.436 e. The monoisotopic (exact) mass is 991 g/mol. The van der Waals surface area contributed by atoms with Gasteiger partial charge in [-0.3, -0.25) is 0 Å². The van der Waals surface area contributed by atoms with Crippen LogP contribution in [0.25, 0.3) is 0 Å². The average molecular weight is 991 g/mol. The van der Waals surface area contributed by atoms with Crippen molar-refractivity contribution in [3.8, 4) is 10.9 Å². The van der Waals surface area contributed by atoms with Gasteiger partial charge < -0.3 is 9.84 Å². The minimum absolute atomic E-state index is 0.212. The molecule has 7 rings (SSSR count). The zero-order valence-corrected chi connectivity index (χ0v) is 32.6. The Morgan fingerprint density at radius 2 is 0.791 bits per heavy atom. The Balaban J connectivity index is 0.000000279. The van der Waals surface area contributed by atoms with Gasteiger partial charge in [0, 0.05) is 5.56 Å². The quantitative estimate of drug-likeness (QED) is 0.0516. The van der Waals surface area contributed by atoms with Gasteiger partial charge in [-0.05, 0) is 29.5 Å². The van der Waals surface area contributed by atoms with E-state index in [4.69, 9.17) is 9.84 Å². The fourth-order valence-electron chi connectivity index (χ4n) is 6.94. The first-order valence-electron chi connectivity index (χ1n) is 17.7. The molecule has 0 aliphatic rings. The number of carboxylic acids is 1. The molecule has 0 saturated carbocycles. The van der Waals surface area contributed by atoms with Crippen LogP contribution in [-0.4, -0.2) is 17.2 Å². The van der Waals surface area contributed by atoms with Crippen LogP contribution in [0.4, 0.5) is 87.8 Å². The summed E-state index contributed by atoms with van der Waals surface area (Å²) in [6, 6.07) is 16.6. The lowest BCUT2D eigenvalue weighted by Gasteiger charge is -2.44. The molecule has 67 heavy (non-hydrogen) atoms. The molecule has 7 aromatic rings. The van der Waals surface area contributed by atoms with Gasteiger partial charge in [0.05, 0.1) is 10.9 Å². The predicted octanol–water partition coefficient (Wildman–Crippen LogP) is 9.42. The number of hydrogen-bond donors (Lipinski definition) is 1. The average Bonchev–Trinajstić information content (AvgIpc) is 3.74. The van der Waals surface area contributed by atoms with Crippen LogP contribution in [0.15, 0.2) is 66.2 Å². The van der Waals surface area contributed by atoms with Crippen molar-refractivity contribution < 1.29 is 107 Å². The fourth-order valence-corrected chi connectivity index (χ4v) is 7.67. The molecular weight excluding hydrogens is 977 g/mol. The van der Waals surface area contributed by atoms with Crippen molar-refractivity contribution in [1.82, 2.24) is 0 Å². The first kappa shape index (κ1) is 49.3. The van der Waals surface area contributed by atoms with Gasteiger partial charge in [0.25, 0.3) is 0 Å². The number of nitrogens with zero attached hydrogens (tertiary/aromatic N) is 1. The minimum Gasteiger partial charge on any atom is -0.478 e. The molecule has 0 aliphatic heterocycles. The Hall–Kier alpha value is -7.12. The number of aromatic carboxylic acids is 1. The number of aromatic nitrogens is 1. The molecule has 0 spiro atoms. The minimum atomic E-state index is -7.22. The van der Waals surface area contributed by atoms with Crippen molar-refractivity contribution in [3.05, 3.63) is 194 Å². The zero-order valence-electron chi connectivity index (χ0n) is 31.8. The first-order chi connectivity index (χ1) is 31.4. The van der Waals surface area contributed by atoms with Crippen LogP contribution in [0.2, 0.25) is 0 Å². The fraction of sp³-hybridized carbons (Fsp3) is 0.0244. The normalized spacial score (nSPS) is 11.5. The van der Waals surface area contributed by atoms with E-state index >= 15 is 35.1 Å². The maximum absolute atomic E-state index is 15.4. The summed E-state index contributed by atoms with van der Waals surface area (Å²) in [7, 11) is 0. The summed E-state index contributed by atoms with van der Waals surface area (Å²) in [5.74, 6) is -71.9. The van der Waals surface area contributed by atoms with E-state index < -0.39 is 150 Å². The summed E-state index contributed by atoms with van der Waals surface area (Å²) >= 11 is 1.47.